The zero-order valence-electron chi connectivity index (χ0n) is 11.3. The van der Waals surface area contributed by atoms with E-state index in [1.54, 1.807) is 11.3 Å². The first kappa shape index (κ1) is 14.7. The van der Waals surface area contributed by atoms with Gasteiger partial charge in [0, 0.05) is 12.5 Å². The Morgan fingerprint density at radius 1 is 1.42 bits per heavy atom. The first-order valence-electron chi connectivity index (χ1n) is 6.17. The van der Waals surface area contributed by atoms with E-state index in [0.29, 0.717) is 18.1 Å². The molecule has 0 aliphatic carbocycles. The summed E-state index contributed by atoms with van der Waals surface area (Å²) in [6, 6.07) is 3.99. The van der Waals surface area contributed by atoms with E-state index < -0.39 is 0 Å². The van der Waals surface area contributed by atoms with E-state index in [9.17, 15) is 0 Å². The quantitative estimate of drug-likeness (QED) is 0.914. The Morgan fingerprint density at radius 2 is 2.16 bits per heavy atom. The van der Waals surface area contributed by atoms with Crippen LogP contribution in [0.25, 0.3) is 10.7 Å². The highest BCUT2D eigenvalue weighted by Gasteiger charge is 2.19. The van der Waals surface area contributed by atoms with E-state index in [2.05, 4.69) is 46.8 Å². The first-order chi connectivity index (χ1) is 8.83. The summed E-state index contributed by atoms with van der Waals surface area (Å²) in [5, 5.41) is 4.00. The molecule has 2 rings (SSSR count). The average molecular weight is 344 g/mol. The standard InChI is InChI=1S/C13H18BrN3OS/c1-13(2,3)7-8(15)6-11-16-12(17-18-11)9-4-5-10(14)19-9/h4-5,8H,6-7,15H2,1-3H3. The van der Waals surface area contributed by atoms with Gasteiger partial charge in [-0.1, -0.05) is 25.9 Å². The molecule has 19 heavy (non-hydrogen) atoms. The Morgan fingerprint density at radius 3 is 2.74 bits per heavy atom. The Kier molecular flexibility index (Phi) is 4.43. The molecule has 2 N–H and O–H groups in total. The third-order valence-corrected chi connectivity index (χ3v) is 4.19. The topological polar surface area (TPSA) is 64.9 Å². The van der Waals surface area contributed by atoms with Crippen molar-refractivity contribution >= 4 is 27.3 Å². The predicted octanol–water partition coefficient (Wildman–Crippen LogP) is 3.87. The van der Waals surface area contributed by atoms with Gasteiger partial charge < -0.3 is 10.3 Å². The van der Waals surface area contributed by atoms with Gasteiger partial charge in [-0.25, -0.2) is 0 Å². The largest absolute Gasteiger partial charge is 0.339 e. The van der Waals surface area contributed by atoms with Gasteiger partial charge in [0.25, 0.3) is 0 Å². The van der Waals surface area contributed by atoms with Gasteiger partial charge in [0.05, 0.1) is 8.66 Å². The molecule has 2 heterocycles. The lowest BCUT2D eigenvalue weighted by atomic mass is 9.87. The van der Waals surface area contributed by atoms with Crippen molar-refractivity contribution in [3.63, 3.8) is 0 Å². The molecule has 0 aliphatic rings. The molecule has 4 nitrogen and oxygen atoms in total. The smallest absolute Gasteiger partial charge is 0.228 e. The van der Waals surface area contributed by atoms with E-state index in [1.807, 2.05) is 12.1 Å². The van der Waals surface area contributed by atoms with Crippen molar-refractivity contribution in [3.05, 3.63) is 21.8 Å². The molecule has 0 radical (unpaired) electrons. The van der Waals surface area contributed by atoms with Crippen LogP contribution in [0.1, 0.15) is 33.1 Å². The maximum atomic E-state index is 6.11. The van der Waals surface area contributed by atoms with Gasteiger partial charge in [0.1, 0.15) is 0 Å². The van der Waals surface area contributed by atoms with Crippen LogP contribution in [0.3, 0.4) is 0 Å². The van der Waals surface area contributed by atoms with E-state index in [0.717, 1.165) is 15.1 Å². The number of hydrogen-bond donors (Lipinski definition) is 1. The molecule has 0 saturated heterocycles. The van der Waals surface area contributed by atoms with E-state index in [4.69, 9.17) is 10.3 Å². The van der Waals surface area contributed by atoms with Crippen molar-refractivity contribution in [3.8, 4) is 10.7 Å². The third kappa shape index (κ3) is 4.40. The van der Waals surface area contributed by atoms with Gasteiger partial charge in [0.2, 0.25) is 11.7 Å². The van der Waals surface area contributed by atoms with Gasteiger partial charge in [-0.3, -0.25) is 0 Å². The van der Waals surface area contributed by atoms with Gasteiger partial charge >= 0.3 is 0 Å². The minimum atomic E-state index is 0.0448. The summed E-state index contributed by atoms with van der Waals surface area (Å²) in [6.07, 6.45) is 1.55. The Hall–Kier alpha value is -0.720. The molecular weight excluding hydrogens is 326 g/mol. The summed E-state index contributed by atoms with van der Waals surface area (Å²) in [4.78, 5) is 5.39. The van der Waals surface area contributed by atoms with Gasteiger partial charge in [-0.2, -0.15) is 4.98 Å². The second-order valence-corrected chi connectivity index (χ2v) is 8.31. The molecule has 0 aliphatic heterocycles. The molecule has 1 unspecified atom stereocenters. The normalized spacial score (nSPS) is 13.7. The van der Waals surface area contributed by atoms with E-state index in [1.165, 1.54) is 0 Å². The summed E-state index contributed by atoms with van der Waals surface area (Å²) in [7, 11) is 0. The van der Waals surface area contributed by atoms with Crippen LogP contribution < -0.4 is 5.73 Å². The molecule has 104 valence electrons. The molecule has 0 aromatic carbocycles. The second kappa shape index (κ2) is 5.73. The fourth-order valence-electron chi connectivity index (χ4n) is 1.96. The van der Waals surface area contributed by atoms with Crippen LogP contribution in [0.5, 0.6) is 0 Å². The van der Waals surface area contributed by atoms with Crippen molar-refractivity contribution in [2.45, 2.75) is 39.7 Å². The molecule has 0 bridgehead atoms. The lowest BCUT2D eigenvalue weighted by molar-refractivity contribution is 0.313. The van der Waals surface area contributed by atoms with Crippen LogP contribution >= 0.6 is 27.3 Å². The number of rotatable bonds is 4. The summed E-state index contributed by atoms with van der Waals surface area (Å²) in [5.41, 5.74) is 6.32. The summed E-state index contributed by atoms with van der Waals surface area (Å²) in [5.74, 6) is 1.24. The molecule has 1 atom stereocenters. The van der Waals surface area contributed by atoms with Gasteiger partial charge in [-0.05, 0) is 39.9 Å². The molecule has 0 amide bonds. The zero-order chi connectivity index (χ0) is 14.0. The monoisotopic (exact) mass is 343 g/mol. The Labute approximate surface area is 125 Å². The van der Waals surface area contributed by atoms with Crippen LogP contribution in [0.2, 0.25) is 0 Å². The fraction of sp³-hybridized carbons (Fsp3) is 0.538. The third-order valence-electron chi connectivity index (χ3n) is 2.57. The van der Waals surface area contributed by atoms with Crippen LogP contribution in [-0.4, -0.2) is 16.2 Å². The maximum Gasteiger partial charge on any atom is 0.228 e. The number of thiophene rings is 1. The molecular formula is C13H18BrN3OS. The highest BCUT2D eigenvalue weighted by Crippen LogP contribution is 2.29. The van der Waals surface area contributed by atoms with E-state index >= 15 is 0 Å². The number of halogens is 1. The number of aromatic nitrogens is 2. The molecule has 0 spiro atoms. The summed E-state index contributed by atoms with van der Waals surface area (Å²) in [6.45, 7) is 6.53. The lowest BCUT2D eigenvalue weighted by Gasteiger charge is -2.21. The number of nitrogens with zero attached hydrogens (tertiary/aromatic N) is 2. The predicted molar refractivity (Wildman–Crippen MR) is 81.1 cm³/mol. The van der Waals surface area contributed by atoms with Crippen molar-refractivity contribution in [2.24, 2.45) is 11.1 Å². The number of nitrogens with two attached hydrogens (primary N) is 1. The van der Waals surface area contributed by atoms with Crippen molar-refractivity contribution in [1.82, 2.24) is 10.1 Å². The Balaban J connectivity index is 2.01. The molecule has 6 heteroatoms. The van der Waals surface area contributed by atoms with E-state index in [-0.39, 0.29) is 11.5 Å². The minimum absolute atomic E-state index is 0.0448. The van der Waals surface area contributed by atoms with Crippen LogP contribution in [0.4, 0.5) is 0 Å². The molecule has 0 fully saturated rings. The lowest BCUT2D eigenvalue weighted by Crippen LogP contribution is -2.28. The molecule has 2 aromatic heterocycles. The summed E-state index contributed by atoms with van der Waals surface area (Å²) < 4.78 is 6.32. The average Bonchev–Trinajstić information content (AvgIpc) is 2.83. The SMILES string of the molecule is CC(C)(C)CC(N)Cc1nc(-c2ccc(Br)s2)no1. The van der Waals surface area contributed by atoms with Gasteiger partial charge in [0.15, 0.2) is 0 Å². The van der Waals surface area contributed by atoms with Gasteiger partial charge in [-0.15, -0.1) is 11.3 Å². The minimum Gasteiger partial charge on any atom is -0.339 e. The zero-order valence-corrected chi connectivity index (χ0v) is 13.7. The Bertz CT molecular complexity index is 544. The highest BCUT2D eigenvalue weighted by atomic mass is 79.9. The van der Waals surface area contributed by atoms with Crippen molar-refractivity contribution in [2.75, 3.05) is 0 Å². The molecule has 0 saturated carbocycles. The molecule has 2 aromatic rings. The maximum absolute atomic E-state index is 6.11. The van der Waals surface area contributed by atoms with Crippen molar-refractivity contribution in [1.29, 1.82) is 0 Å². The fourth-order valence-corrected chi connectivity index (χ4v) is 3.27. The highest BCUT2D eigenvalue weighted by molar-refractivity contribution is 9.11. The van der Waals surface area contributed by atoms with Crippen LogP contribution in [0.15, 0.2) is 20.4 Å². The van der Waals surface area contributed by atoms with Crippen molar-refractivity contribution < 1.29 is 4.52 Å². The second-order valence-electron chi connectivity index (χ2n) is 5.84. The summed E-state index contributed by atoms with van der Waals surface area (Å²) >= 11 is 5.01. The van der Waals surface area contributed by atoms with Crippen LogP contribution in [0, 0.1) is 5.41 Å². The van der Waals surface area contributed by atoms with Crippen LogP contribution in [-0.2, 0) is 6.42 Å². The number of hydrogen-bond acceptors (Lipinski definition) is 5. The first-order valence-corrected chi connectivity index (χ1v) is 7.78.